The van der Waals surface area contributed by atoms with E-state index in [9.17, 15) is 9.18 Å². The number of carbonyl (C=O) groups excluding carboxylic acids is 1. The molecule has 0 atom stereocenters. The van der Waals surface area contributed by atoms with Crippen molar-refractivity contribution >= 4 is 12.0 Å². The van der Waals surface area contributed by atoms with Crippen molar-refractivity contribution in [1.82, 2.24) is 0 Å². The molecule has 0 unspecified atom stereocenters. The van der Waals surface area contributed by atoms with Gasteiger partial charge in [-0.05, 0) is 29.3 Å². The number of hydrogen-bond acceptors (Lipinski definition) is 2. The van der Waals surface area contributed by atoms with E-state index in [2.05, 4.69) is 0 Å². The zero-order chi connectivity index (χ0) is 10.6. The number of hydrogen-bond donors (Lipinski definition) is 2. The summed E-state index contributed by atoms with van der Waals surface area (Å²) in [6.07, 6.45) is 2.73. The minimum atomic E-state index is -0.544. The molecule has 0 saturated carbocycles. The summed E-state index contributed by atoms with van der Waals surface area (Å²) in [7, 11) is 0. The quantitative estimate of drug-likeness (QED) is 0.698. The maximum Gasteiger partial charge on any atom is 0.241 e. The van der Waals surface area contributed by atoms with Crippen molar-refractivity contribution in [3.05, 3.63) is 41.2 Å². The van der Waals surface area contributed by atoms with Crippen LogP contribution in [0, 0.1) is 5.82 Å². The fourth-order valence-electron chi connectivity index (χ4n) is 1.09. The van der Waals surface area contributed by atoms with E-state index in [1.165, 1.54) is 24.3 Å². The first kappa shape index (κ1) is 10.4. The maximum absolute atomic E-state index is 12.8. The lowest BCUT2D eigenvalue weighted by atomic mass is 10.1. The van der Waals surface area contributed by atoms with Crippen molar-refractivity contribution < 1.29 is 9.18 Å². The molecular formula is C10H11FN2O. The number of rotatable bonds is 3. The number of halogens is 1. The van der Waals surface area contributed by atoms with Gasteiger partial charge in [-0.1, -0.05) is 6.07 Å². The molecule has 0 heterocycles. The highest BCUT2D eigenvalue weighted by atomic mass is 19.1. The monoisotopic (exact) mass is 194 g/mol. The van der Waals surface area contributed by atoms with Crippen molar-refractivity contribution in [3.8, 4) is 0 Å². The number of nitrogens with two attached hydrogens (primary N) is 2. The fraction of sp³-hybridized carbons (Fsp3) is 0.100. The number of primary amides is 1. The van der Waals surface area contributed by atoms with E-state index in [4.69, 9.17) is 11.5 Å². The smallest absolute Gasteiger partial charge is 0.241 e. The van der Waals surface area contributed by atoms with E-state index in [-0.39, 0.29) is 12.4 Å². The van der Waals surface area contributed by atoms with Gasteiger partial charge in [0.15, 0.2) is 0 Å². The molecule has 14 heavy (non-hydrogen) atoms. The van der Waals surface area contributed by atoms with Crippen molar-refractivity contribution in [1.29, 1.82) is 0 Å². The summed E-state index contributed by atoms with van der Waals surface area (Å²) in [5.41, 5.74) is 11.7. The average molecular weight is 194 g/mol. The van der Waals surface area contributed by atoms with Crippen LogP contribution in [0.25, 0.3) is 6.08 Å². The van der Waals surface area contributed by atoms with E-state index in [0.29, 0.717) is 11.1 Å². The van der Waals surface area contributed by atoms with Gasteiger partial charge >= 0.3 is 0 Å². The summed E-state index contributed by atoms with van der Waals surface area (Å²) in [6.45, 7) is 0.218. The van der Waals surface area contributed by atoms with E-state index in [0.717, 1.165) is 0 Å². The lowest BCUT2D eigenvalue weighted by Crippen LogP contribution is -2.05. The van der Waals surface area contributed by atoms with Gasteiger partial charge in [0, 0.05) is 12.6 Å². The second-order valence-corrected chi connectivity index (χ2v) is 2.78. The fourth-order valence-corrected chi connectivity index (χ4v) is 1.09. The van der Waals surface area contributed by atoms with Crippen LogP contribution in [0.1, 0.15) is 11.1 Å². The molecule has 0 bridgehead atoms. The van der Waals surface area contributed by atoms with Gasteiger partial charge < -0.3 is 11.5 Å². The van der Waals surface area contributed by atoms with E-state index >= 15 is 0 Å². The average Bonchev–Trinajstić information content (AvgIpc) is 2.15. The summed E-state index contributed by atoms with van der Waals surface area (Å²) in [5, 5.41) is 0. The van der Waals surface area contributed by atoms with Crippen molar-refractivity contribution in [2.75, 3.05) is 0 Å². The lowest BCUT2D eigenvalue weighted by molar-refractivity contribution is -0.113. The number of benzene rings is 1. The predicted octanol–water partition coefficient (Wildman–Crippen LogP) is 0.783. The molecule has 0 aliphatic carbocycles. The molecule has 1 amide bonds. The molecule has 0 radical (unpaired) electrons. The Balaban J connectivity index is 3.02. The van der Waals surface area contributed by atoms with Crippen LogP contribution < -0.4 is 11.5 Å². The second-order valence-electron chi connectivity index (χ2n) is 2.78. The zero-order valence-corrected chi connectivity index (χ0v) is 7.53. The molecule has 4 N–H and O–H groups in total. The maximum atomic E-state index is 12.8. The minimum absolute atomic E-state index is 0.218. The summed E-state index contributed by atoms with van der Waals surface area (Å²) in [6, 6.07) is 4.19. The SMILES string of the molecule is NCc1cc(F)ccc1C=CC(N)=O. The van der Waals surface area contributed by atoms with Gasteiger partial charge in [-0.15, -0.1) is 0 Å². The van der Waals surface area contributed by atoms with Gasteiger partial charge in [0.25, 0.3) is 0 Å². The third kappa shape index (κ3) is 2.67. The topological polar surface area (TPSA) is 69.1 Å². The van der Waals surface area contributed by atoms with Crippen LogP contribution in [-0.2, 0) is 11.3 Å². The zero-order valence-electron chi connectivity index (χ0n) is 7.53. The van der Waals surface area contributed by atoms with Gasteiger partial charge in [0.2, 0.25) is 5.91 Å². The first-order valence-electron chi connectivity index (χ1n) is 4.09. The molecule has 1 aromatic rings. The third-order valence-electron chi connectivity index (χ3n) is 1.75. The third-order valence-corrected chi connectivity index (χ3v) is 1.75. The molecular weight excluding hydrogens is 183 g/mol. The Kier molecular flexibility index (Phi) is 3.36. The Labute approximate surface area is 81.2 Å². The van der Waals surface area contributed by atoms with Crippen LogP contribution in [0.4, 0.5) is 4.39 Å². The van der Waals surface area contributed by atoms with Crippen LogP contribution >= 0.6 is 0 Å². The van der Waals surface area contributed by atoms with Gasteiger partial charge in [-0.3, -0.25) is 4.79 Å². The molecule has 0 fully saturated rings. The van der Waals surface area contributed by atoms with Crippen LogP contribution in [0.5, 0.6) is 0 Å². The Morgan fingerprint density at radius 1 is 1.50 bits per heavy atom. The standard InChI is InChI=1S/C10H11FN2O/c11-9-3-1-7(2-4-10(13)14)8(5-9)6-12/h1-5H,6,12H2,(H2,13,14). The predicted molar refractivity (Wildman–Crippen MR) is 52.5 cm³/mol. The summed E-state index contributed by atoms with van der Waals surface area (Å²) >= 11 is 0. The van der Waals surface area contributed by atoms with Gasteiger partial charge in [0.05, 0.1) is 0 Å². The van der Waals surface area contributed by atoms with Gasteiger partial charge in [0.1, 0.15) is 5.82 Å². The summed E-state index contributed by atoms with van der Waals surface area (Å²) in [4.78, 5) is 10.5. The van der Waals surface area contributed by atoms with E-state index in [1.54, 1.807) is 6.07 Å². The van der Waals surface area contributed by atoms with Crippen molar-refractivity contribution in [2.24, 2.45) is 11.5 Å². The molecule has 3 nitrogen and oxygen atoms in total. The first-order valence-corrected chi connectivity index (χ1v) is 4.09. The Hall–Kier alpha value is -1.68. The van der Waals surface area contributed by atoms with Crippen LogP contribution in [0.15, 0.2) is 24.3 Å². The highest BCUT2D eigenvalue weighted by molar-refractivity contribution is 5.90. The second kappa shape index (κ2) is 4.53. The van der Waals surface area contributed by atoms with Gasteiger partial charge in [-0.25, -0.2) is 4.39 Å². The molecule has 1 rings (SSSR count). The highest BCUT2D eigenvalue weighted by Gasteiger charge is 1.99. The van der Waals surface area contributed by atoms with Gasteiger partial charge in [-0.2, -0.15) is 0 Å². The largest absolute Gasteiger partial charge is 0.366 e. The van der Waals surface area contributed by atoms with Crippen LogP contribution in [0.2, 0.25) is 0 Å². The summed E-state index contributed by atoms with van der Waals surface area (Å²) in [5.74, 6) is -0.890. The molecule has 4 heteroatoms. The van der Waals surface area contributed by atoms with Crippen LogP contribution in [0.3, 0.4) is 0 Å². The Morgan fingerprint density at radius 2 is 2.21 bits per heavy atom. The molecule has 0 aromatic heterocycles. The molecule has 0 saturated heterocycles. The lowest BCUT2D eigenvalue weighted by Gasteiger charge is -2.02. The van der Waals surface area contributed by atoms with Crippen molar-refractivity contribution in [2.45, 2.75) is 6.54 Å². The Bertz CT molecular complexity index is 374. The molecule has 0 spiro atoms. The first-order chi connectivity index (χ1) is 6.63. The van der Waals surface area contributed by atoms with E-state index in [1.807, 2.05) is 0 Å². The molecule has 74 valence electrons. The Morgan fingerprint density at radius 3 is 2.79 bits per heavy atom. The number of carbonyl (C=O) groups is 1. The number of amides is 1. The summed E-state index contributed by atoms with van der Waals surface area (Å²) < 4.78 is 12.8. The molecule has 1 aromatic carbocycles. The highest BCUT2D eigenvalue weighted by Crippen LogP contribution is 2.12. The normalized spacial score (nSPS) is 10.7. The van der Waals surface area contributed by atoms with Crippen LogP contribution in [-0.4, -0.2) is 5.91 Å². The minimum Gasteiger partial charge on any atom is -0.366 e. The van der Waals surface area contributed by atoms with E-state index < -0.39 is 5.91 Å². The molecule has 0 aliphatic heterocycles. The molecule has 0 aliphatic rings. The van der Waals surface area contributed by atoms with Crippen molar-refractivity contribution in [3.63, 3.8) is 0 Å².